The Kier molecular flexibility index (Phi) is 8.92. The lowest BCUT2D eigenvalue weighted by Crippen LogP contribution is -2.55. The van der Waals surface area contributed by atoms with Gasteiger partial charge in [0.1, 0.15) is 17.2 Å². The number of hydrazine groups is 1. The lowest BCUT2D eigenvalue weighted by atomic mass is 10.1. The topological polar surface area (TPSA) is 118 Å². The van der Waals surface area contributed by atoms with Gasteiger partial charge in [0.2, 0.25) is 11.6 Å². The third-order valence-corrected chi connectivity index (χ3v) is 6.11. The van der Waals surface area contributed by atoms with E-state index in [0.717, 1.165) is 28.1 Å². The molecule has 0 unspecified atom stereocenters. The van der Waals surface area contributed by atoms with E-state index in [1.165, 1.54) is 7.11 Å². The summed E-state index contributed by atoms with van der Waals surface area (Å²) in [5, 5.41) is 1.54. The molecule has 0 atom stereocenters. The number of aromatic nitrogens is 1. The van der Waals surface area contributed by atoms with Crippen LogP contribution in [-0.4, -0.2) is 29.7 Å². The van der Waals surface area contributed by atoms with Crippen LogP contribution >= 0.6 is 0 Å². The first kappa shape index (κ1) is 26.7. The molecule has 0 saturated carbocycles. The molecular formula is C30H33N4O4+. The molecule has 3 aromatic carbocycles. The lowest BCUT2D eigenvalue weighted by Gasteiger charge is -2.22. The number of ether oxygens (including phenoxy) is 2. The van der Waals surface area contributed by atoms with Gasteiger partial charge in [-0.3, -0.25) is 0 Å². The number of carbonyl (C=O) groups is 1. The van der Waals surface area contributed by atoms with Gasteiger partial charge in [0.15, 0.2) is 0 Å². The van der Waals surface area contributed by atoms with Crippen LogP contribution in [0.1, 0.15) is 22.6 Å². The normalized spacial score (nSPS) is 11.6. The summed E-state index contributed by atoms with van der Waals surface area (Å²) in [6.07, 6.45) is 0.994. The van der Waals surface area contributed by atoms with E-state index in [1.807, 2.05) is 91.9 Å². The van der Waals surface area contributed by atoms with E-state index in [4.69, 9.17) is 19.7 Å². The number of nitrogens with zero attached hydrogens (tertiary/aromatic N) is 2. The number of methoxy groups -OCH3 is 1. The van der Waals surface area contributed by atoms with Crippen LogP contribution < -0.4 is 16.3 Å². The molecule has 0 fully saturated rings. The van der Waals surface area contributed by atoms with Crippen LogP contribution in [0.5, 0.6) is 5.75 Å². The minimum absolute atomic E-state index is 0.216. The highest BCUT2D eigenvalue weighted by molar-refractivity contribution is 5.85. The van der Waals surface area contributed by atoms with E-state index in [-0.39, 0.29) is 5.70 Å². The molecule has 0 saturated heterocycles. The summed E-state index contributed by atoms with van der Waals surface area (Å²) in [6, 6.07) is 27.3. The molecule has 0 bridgehead atoms. The second-order valence-corrected chi connectivity index (χ2v) is 8.84. The summed E-state index contributed by atoms with van der Waals surface area (Å²) >= 11 is 0. The monoisotopic (exact) mass is 513 g/mol. The number of aryl methyl sites for hydroxylation is 1. The number of carbonyl (C=O) groups excluding carboxylic acids is 1. The van der Waals surface area contributed by atoms with Gasteiger partial charge in [-0.25, -0.2) is 15.6 Å². The fourth-order valence-electron chi connectivity index (χ4n) is 4.07. The third-order valence-electron chi connectivity index (χ3n) is 6.11. The Morgan fingerprint density at radius 1 is 1.00 bits per heavy atom. The number of oxazole rings is 1. The first-order valence-electron chi connectivity index (χ1n) is 12.4. The Bertz CT molecular complexity index is 1380. The second kappa shape index (κ2) is 12.7. The van der Waals surface area contributed by atoms with Gasteiger partial charge in [-0.2, -0.15) is 0 Å². The zero-order valence-electron chi connectivity index (χ0n) is 21.7. The number of esters is 1. The number of quaternary nitrogens is 1. The van der Waals surface area contributed by atoms with Crippen LogP contribution in [0.15, 0.2) is 101 Å². The fourth-order valence-corrected chi connectivity index (χ4v) is 4.07. The van der Waals surface area contributed by atoms with Crippen molar-refractivity contribution in [3.05, 3.63) is 119 Å². The summed E-state index contributed by atoms with van der Waals surface area (Å²) in [6.45, 7) is 2.77. The Morgan fingerprint density at radius 2 is 1.68 bits per heavy atom. The van der Waals surface area contributed by atoms with Gasteiger partial charge in [0.25, 0.3) is 0 Å². The van der Waals surface area contributed by atoms with Crippen LogP contribution in [0, 0.1) is 6.92 Å². The standard InChI is InChI=1S/C30H32N4O4/c1-21-26(33-29(38-21)24-13-7-4-8-14-24)16-17-37-25-15-9-12-23(18-25)19-27(28(31)30(35)36-2)34(32)20-22-10-5-3-6-11-22/h3-15,18H,16-17,19-20,31-32H2,1-2H3/p+1. The Morgan fingerprint density at radius 3 is 2.39 bits per heavy atom. The molecule has 0 spiro atoms. The van der Waals surface area contributed by atoms with Gasteiger partial charge in [0.05, 0.1) is 26.0 Å². The number of benzene rings is 3. The van der Waals surface area contributed by atoms with E-state index < -0.39 is 5.97 Å². The molecule has 8 heteroatoms. The predicted molar refractivity (Wildman–Crippen MR) is 144 cm³/mol. The summed E-state index contributed by atoms with van der Waals surface area (Å²) in [5.74, 6) is 7.99. The van der Waals surface area contributed by atoms with Crippen molar-refractivity contribution in [1.29, 1.82) is 0 Å². The highest BCUT2D eigenvalue weighted by atomic mass is 16.5. The van der Waals surface area contributed by atoms with Crippen molar-refractivity contribution < 1.29 is 24.4 Å². The molecular weight excluding hydrogens is 480 g/mol. The quantitative estimate of drug-likeness (QED) is 0.135. The Balaban J connectivity index is 1.43. The zero-order chi connectivity index (χ0) is 26.9. The van der Waals surface area contributed by atoms with Crippen molar-refractivity contribution in [1.82, 2.24) is 9.99 Å². The first-order chi connectivity index (χ1) is 18.4. The number of hydrogen-bond acceptors (Lipinski definition) is 7. The van der Waals surface area contributed by atoms with E-state index in [2.05, 4.69) is 10.7 Å². The zero-order valence-corrected chi connectivity index (χ0v) is 21.7. The van der Waals surface area contributed by atoms with Crippen molar-refractivity contribution in [3.8, 4) is 17.2 Å². The summed E-state index contributed by atoms with van der Waals surface area (Å²) in [7, 11) is 1.33. The molecule has 0 aliphatic carbocycles. The van der Waals surface area contributed by atoms with Crippen LogP contribution in [0.4, 0.5) is 0 Å². The predicted octanol–water partition coefficient (Wildman–Crippen LogP) is 3.82. The summed E-state index contributed by atoms with van der Waals surface area (Å²) in [5.41, 5.74) is 8.48. The van der Waals surface area contributed by atoms with Crippen LogP contribution in [0.3, 0.4) is 0 Å². The SMILES string of the molecule is COC(=O)C([NH3+])=C(Cc1cccc(OCCc2nc(-c3ccccc3)oc2C)c1)N(N)Cc1ccccc1. The molecule has 4 rings (SSSR count). The molecule has 0 radical (unpaired) electrons. The van der Waals surface area contributed by atoms with Crippen LogP contribution in [-0.2, 0) is 28.9 Å². The van der Waals surface area contributed by atoms with Crippen molar-refractivity contribution in [2.24, 2.45) is 5.84 Å². The van der Waals surface area contributed by atoms with Crippen LogP contribution in [0.2, 0.25) is 0 Å². The molecule has 8 nitrogen and oxygen atoms in total. The first-order valence-corrected chi connectivity index (χ1v) is 12.4. The molecule has 0 amide bonds. The third kappa shape index (κ3) is 6.88. The van der Waals surface area contributed by atoms with Crippen molar-refractivity contribution in [3.63, 3.8) is 0 Å². The minimum atomic E-state index is -0.520. The lowest BCUT2D eigenvalue weighted by molar-refractivity contribution is -0.306. The number of nitrogens with two attached hydrogens (primary N) is 1. The molecule has 0 aliphatic rings. The Hall–Kier alpha value is -4.40. The number of hydrogen-bond donors (Lipinski definition) is 2. The van der Waals surface area contributed by atoms with Gasteiger partial charge >= 0.3 is 5.97 Å². The van der Waals surface area contributed by atoms with E-state index in [1.54, 1.807) is 5.01 Å². The molecule has 1 heterocycles. The minimum Gasteiger partial charge on any atom is -0.493 e. The van der Waals surface area contributed by atoms with E-state index >= 15 is 0 Å². The summed E-state index contributed by atoms with van der Waals surface area (Å²) < 4.78 is 16.8. The Labute approximate surface area is 222 Å². The maximum Gasteiger partial charge on any atom is 0.394 e. The molecule has 1 aromatic heterocycles. The second-order valence-electron chi connectivity index (χ2n) is 8.84. The van der Waals surface area contributed by atoms with Gasteiger partial charge in [-0.15, -0.1) is 0 Å². The average molecular weight is 514 g/mol. The van der Waals surface area contributed by atoms with Gasteiger partial charge in [-0.05, 0) is 42.3 Å². The molecule has 0 aliphatic heterocycles. The summed E-state index contributed by atoms with van der Waals surface area (Å²) in [4.78, 5) is 16.9. The van der Waals surface area contributed by atoms with E-state index in [0.29, 0.717) is 43.3 Å². The van der Waals surface area contributed by atoms with Gasteiger partial charge in [0, 0.05) is 18.4 Å². The fraction of sp³-hybridized carbons (Fsp3) is 0.200. The largest absolute Gasteiger partial charge is 0.493 e. The smallest absolute Gasteiger partial charge is 0.394 e. The highest BCUT2D eigenvalue weighted by Gasteiger charge is 2.21. The van der Waals surface area contributed by atoms with Gasteiger partial charge in [-0.1, -0.05) is 60.7 Å². The molecule has 38 heavy (non-hydrogen) atoms. The maximum absolute atomic E-state index is 12.3. The molecule has 5 N–H and O–H groups in total. The van der Waals surface area contributed by atoms with Gasteiger partial charge < -0.3 is 24.6 Å². The highest BCUT2D eigenvalue weighted by Crippen LogP contribution is 2.23. The molecule has 196 valence electrons. The van der Waals surface area contributed by atoms with E-state index in [9.17, 15) is 4.79 Å². The number of rotatable bonds is 11. The molecule has 4 aromatic rings. The van der Waals surface area contributed by atoms with Crippen molar-refractivity contribution >= 4 is 5.97 Å². The van der Waals surface area contributed by atoms with Crippen molar-refractivity contribution in [2.45, 2.75) is 26.3 Å². The average Bonchev–Trinajstić information content (AvgIpc) is 3.32. The number of allylic oxidation sites excluding steroid dienone is 1. The van der Waals surface area contributed by atoms with Crippen LogP contribution in [0.25, 0.3) is 11.5 Å². The van der Waals surface area contributed by atoms with Crippen molar-refractivity contribution in [2.75, 3.05) is 13.7 Å². The maximum atomic E-state index is 12.3.